The van der Waals surface area contributed by atoms with Crippen LogP contribution in [0.2, 0.25) is 0 Å². The molecule has 7 N–H and O–H groups in total. The van der Waals surface area contributed by atoms with Crippen LogP contribution in [0.5, 0.6) is 34.5 Å². The lowest BCUT2D eigenvalue weighted by Crippen LogP contribution is -2.08. The second-order valence-corrected chi connectivity index (χ2v) is 12.3. The molecule has 0 bridgehead atoms. The summed E-state index contributed by atoms with van der Waals surface area (Å²) in [5.74, 6) is -4.43. The number of hydrogen-bond donors (Lipinski definition) is 7. The molecule has 0 spiro atoms. The van der Waals surface area contributed by atoms with Gasteiger partial charge in [-0.05, 0) is 54.0 Å². The Morgan fingerprint density at radius 3 is 1.24 bits per heavy atom. The van der Waals surface area contributed by atoms with Crippen LogP contribution in [0.1, 0.15) is 109 Å². The number of carbonyl (C=O) groups excluding carboxylic acids is 2. The summed E-state index contributed by atoms with van der Waals surface area (Å²) in [6, 6.07) is 3.31. The van der Waals surface area contributed by atoms with Crippen LogP contribution in [0.15, 0.2) is 12.1 Å². The van der Waals surface area contributed by atoms with E-state index in [0.29, 0.717) is 45.6 Å². The van der Waals surface area contributed by atoms with E-state index in [1.807, 2.05) is 6.92 Å². The van der Waals surface area contributed by atoms with Crippen LogP contribution in [0, 0.1) is 19.8 Å². The molecule has 0 aliphatic carbocycles. The zero-order valence-corrected chi connectivity index (χ0v) is 27.3. The molecule has 10 nitrogen and oxygen atoms in total. The molecule has 1 atom stereocenters. The lowest BCUT2D eigenvalue weighted by Gasteiger charge is -2.23. The summed E-state index contributed by atoms with van der Waals surface area (Å²) in [6.07, 6.45) is 2.42. The number of carboxylic acids is 1. The zero-order valence-electron chi connectivity index (χ0n) is 27.3. The zero-order chi connectivity index (χ0) is 34.9. The molecular weight excluding hydrogens is 592 g/mol. The van der Waals surface area contributed by atoms with Gasteiger partial charge in [-0.3, -0.25) is 14.4 Å². The maximum atomic E-state index is 12.0. The second kappa shape index (κ2) is 13.6. The van der Waals surface area contributed by atoms with Crippen LogP contribution in [0.4, 0.5) is 0 Å². The number of aryl methyl sites for hydroxylation is 2. The first-order chi connectivity index (χ1) is 21.5. The maximum Gasteiger partial charge on any atom is 0.306 e. The molecule has 0 aliphatic rings. The molecular formula is C36H42O10. The number of fused-ring (bicyclic) bond motifs is 2. The average molecular weight is 635 g/mol. The Kier molecular flexibility index (Phi) is 10.5. The van der Waals surface area contributed by atoms with E-state index < -0.39 is 40.5 Å². The maximum absolute atomic E-state index is 12.0. The molecule has 0 radical (unpaired) electrons. The molecule has 0 aliphatic heterocycles. The van der Waals surface area contributed by atoms with Crippen molar-refractivity contribution in [2.75, 3.05) is 0 Å². The number of aliphatic carboxylic acids is 1. The summed E-state index contributed by atoms with van der Waals surface area (Å²) in [4.78, 5) is 34.1. The number of rotatable bonds is 8. The minimum atomic E-state index is -0.688. The van der Waals surface area contributed by atoms with Gasteiger partial charge in [0.05, 0.1) is 17.0 Å². The van der Waals surface area contributed by atoms with E-state index in [1.165, 1.54) is 0 Å². The lowest BCUT2D eigenvalue weighted by atomic mass is 9.83. The highest BCUT2D eigenvalue weighted by Gasteiger charge is 2.29. The van der Waals surface area contributed by atoms with Crippen LogP contribution in [0.3, 0.4) is 0 Å². The van der Waals surface area contributed by atoms with Crippen molar-refractivity contribution in [3.8, 4) is 45.6 Å². The van der Waals surface area contributed by atoms with E-state index in [1.54, 1.807) is 60.6 Å². The molecule has 0 amide bonds. The van der Waals surface area contributed by atoms with E-state index in [0.717, 1.165) is 12.8 Å². The molecule has 0 saturated carbocycles. The highest BCUT2D eigenvalue weighted by Crippen LogP contribution is 2.54. The van der Waals surface area contributed by atoms with Crippen LogP contribution in [-0.2, 0) is 4.79 Å². The first kappa shape index (κ1) is 35.5. The van der Waals surface area contributed by atoms with Crippen molar-refractivity contribution in [3.63, 3.8) is 0 Å². The molecule has 4 rings (SSSR count). The highest BCUT2D eigenvalue weighted by molar-refractivity contribution is 6.14. The normalized spacial score (nSPS) is 12.0. The molecule has 4 aromatic carbocycles. The molecule has 10 heteroatoms. The van der Waals surface area contributed by atoms with Gasteiger partial charge in [0.2, 0.25) is 0 Å². The number of hydrogen-bond acceptors (Lipinski definition) is 9. The van der Waals surface area contributed by atoms with Gasteiger partial charge in [-0.1, -0.05) is 60.1 Å². The van der Waals surface area contributed by atoms with E-state index in [9.17, 15) is 45.0 Å². The van der Waals surface area contributed by atoms with Gasteiger partial charge < -0.3 is 35.7 Å². The van der Waals surface area contributed by atoms with Crippen LogP contribution in [-0.4, -0.2) is 54.3 Å². The minimum absolute atomic E-state index is 0.00512. The number of aldehydes is 2. The van der Waals surface area contributed by atoms with Crippen LogP contribution >= 0.6 is 0 Å². The largest absolute Gasteiger partial charge is 0.507 e. The van der Waals surface area contributed by atoms with Gasteiger partial charge in [-0.25, -0.2) is 0 Å². The van der Waals surface area contributed by atoms with Gasteiger partial charge >= 0.3 is 5.97 Å². The Balaban J connectivity index is 0.000000637. The summed E-state index contributed by atoms with van der Waals surface area (Å²) in [7, 11) is 0. The Morgan fingerprint density at radius 2 is 1.00 bits per heavy atom. The molecule has 46 heavy (non-hydrogen) atoms. The van der Waals surface area contributed by atoms with Crippen molar-refractivity contribution in [1.82, 2.24) is 0 Å². The first-order valence-electron chi connectivity index (χ1n) is 15.1. The van der Waals surface area contributed by atoms with Crippen molar-refractivity contribution in [3.05, 3.63) is 45.5 Å². The van der Waals surface area contributed by atoms with Gasteiger partial charge in [-0.2, -0.15) is 0 Å². The fourth-order valence-corrected chi connectivity index (χ4v) is 6.16. The van der Waals surface area contributed by atoms with E-state index in [4.69, 9.17) is 5.11 Å². The summed E-state index contributed by atoms with van der Waals surface area (Å²) >= 11 is 0. The average Bonchev–Trinajstić information content (AvgIpc) is 2.97. The SMILES string of the molecule is CCCC(C)C(=O)O.Cc1cc2c(C(C)C)c(O)c(O)c(C=O)c2c(O)c1-c1c(C)cc2c(C(C)C)c(O)c(O)c(C=O)c2c1O. The highest BCUT2D eigenvalue weighted by atomic mass is 16.4. The number of carboxylic acid groups (broad SMARTS) is 1. The number of phenolic OH excluding ortho intramolecular Hbond substituents is 6. The van der Waals surface area contributed by atoms with Crippen molar-refractivity contribution >= 4 is 40.1 Å². The van der Waals surface area contributed by atoms with Gasteiger partial charge in [0.15, 0.2) is 35.6 Å². The molecule has 0 aromatic heterocycles. The van der Waals surface area contributed by atoms with Crippen molar-refractivity contribution in [1.29, 1.82) is 0 Å². The van der Waals surface area contributed by atoms with Crippen molar-refractivity contribution in [2.45, 2.75) is 80.1 Å². The molecule has 1 unspecified atom stereocenters. The molecule has 246 valence electrons. The summed E-state index contributed by atoms with van der Waals surface area (Å²) < 4.78 is 0. The lowest BCUT2D eigenvalue weighted by molar-refractivity contribution is -0.141. The van der Waals surface area contributed by atoms with E-state index >= 15 is 0 Å². The van der Waals surface area contributed by atoms with Gasteiger partial charge in [-0.15, -0.1) is 0 Å². The number of phenols is 6. The quantitative estimate of drug-likeness (QED) is 0.0740. The van der Waals surface area contributed by atoms with Crippen molar-refractivity contribution in [2.24, 2.45) is 5.92 Å². The Morgan fingerprint density at radius 1 is 0.652 bits per heavy atom. The third-order valence-corrected chi connectivity index (χ3v) is 8.37. The van der Waals surface area contributed by atoms with Crippen LogP contribution < -0.4 is 0 Å². The van der Waals surface area contributed by atoms with Gasteiger partial charge in [0.25, 0.3) is 0 Å². The fourth-order valence-electron chi connectivity index (χ4n) is 6.16. The molecule has 0 heterocycles. The molecule has 0 saturated heterocycles. The number of aromatic hydroxyl groups is 6. The first-order valence-corrected chi connectivity index (χ1v) is 15.1. The van der Waals surface area contributed by atoms with Crippen LogP contribution in [0.25, 0.3) is 32.7 Å². The Bertz CT molecular complexity index is 1740. The molecule has 4 aromatic rings. The number of carbonyl (C=O) groups is 3. The minimum Gasteiger partial charge on any atom is -0.507 e. The Labute approximate surface area is 267 Å². The smallest absolute Gasteiger partial charge is 0.306 e. The third-order valence-electron chi connectivity index (χ3n) is 8.37. The fraction of sp³-hybridized carbons (Fsp3) is 0.361. The monoisotopic (exact) mass is 634 g/mol. The third kappa shape index (κ3) is 5.87. The predicted octanol–water partition coefficient (Wildman–Crippen LogP) is 7.89. The van der Waals surface area contributed by atoms with E-state index in [2.05, 4.69) is 0 Å². The summed E-state index contributed by atoms with van der Waals surface area (Å²) in [5, 5.41) is 74.7. The summed E-state index contributed by atoms with van der Waals surface area (Å²) in [6.45, 7) is 14.3. The van der Waals surface area contributed by atoms with Gasteiger partial charge in [0, 0.05) is 33.0 Å². The topological polar surface area (TPSA) is 193 Å². The second-order valence-electron chi connectivity index (χ2n) is 12.3. The molecule has 0 fully saturated rings. The number of benzene rings is 4. The Hall–Kier alpha value is -4.99. The van der Waals surface area contributed by atoms with E-state index in [-0.39, 0.29) is 50.8 Å². The standard InChI is InChI=1S/C30H30O8.C6H12O2/c1-11(2)19-15-7-13(5)21(27(35)23(15)17(9-31)25(33)29(19)37)22-14(6)8-16-20(12(3)4)30(38)26(34)18(10-32)24(16)28(22)36;1-3-4-5(2)6(7)8/h7-12,33-38H,1-6H3;5H,3-4H2,1-2H3,(H,7,8). The van der Waals surface area contributed by atoms with Crippen molar-refractivity contribution < 1.29 is 50.1 Å². The van der Waals surface area contributed by atoms with Gasteiger partial charge in [0.1, 0.15) is 11.5 Å². The summed E-state index contributed by atoms with van der Waals surface area (Å²) in [5.41, 5.74) is 1.33. The predicted molar refractivity (Wildman–Crippen MR) is 177 cm³/mol.